The summed E-state index contributed by atoms with van der Waals surface area (Å²) in [5.41, 5.74) is 0. The number of hydrogen-bond donors (Lipinski definition) is 1. The summed E-state index contributed by atoms with van der Waals surface area (Å²) in [6, 6.07) is 7.94. The number of nitrogens with one attached hydrogen (secondary N) is 1. The number of thiophene rings is 1. The maximum Gasteiger partial charge on any atom is 0.126 e. The molecule has 2 rings (SSSR count). The van der Waals surface area contributed by atoms with E-state index in [9.17, 15) is 0 Å². The molecule has 0 aliphatic rings. The lowest BCUT2D eigenvalue weighted by Crippen LogP contribution is -2.22. The molecule has 104 valence electrons. The van der Waals surface area contributed by atoms with Gasteiger partial charge in [0.2, 0.25) is 0 Å². The van der Waals surface area contributed by atoms with E-state index in [0.29, 0.717) is 0 Å². The van der Waals surface area contributed by atoms with Crippen LogP contribution >= 0.6 is 22.9 Å². The first-order valence-electron chi connectivity index (χ1n) is 6.32. The van der Waals surface area contributed by atoms with Crippen LogP contribution in [0.15, 0.2) is 34.9 Å². The second kappa shape index (κ2) is 7.70. The lowest BCUT2D eigenvalue weighted by atomic mass is 10.2. The molecule has 0 amide bonds. The molecule has 0 aliphatic carbocycles. The second-order valence-electron chi connectivity index (χ2n) is 4.24. The predicted molar refractivity (Wildman–Crippen MR) is 79.0 cm³/mol. The number of unbranched alkanes of at least 4 members (excludes halogenated alkanes) is 1. The molecule has 0 spiro atoms. The van der Waals surface area contributed by atoms with Crippen LogP contribution in [-0.4, -0.2) is 20.3 Å². The fourth-order valence-corrected chi connectivity index (χ4v) is 3.04. The Morgan fingerprint density at radius 1 is 1.37 bits per heavy atom. The van der Waals surface area contributed by atoms with E-state index in [0.717, 1.165) is 36.1 Å². The van der Waals surface area contributed by atoms with E-state index in [-0.39, 0.29) is 6.04 Å². The number of rotatable bonds is 8. The van der Waals surface area contributed by atoms with Gasteiger partial charge in [-0.25, -0.2) is 0 Å². The van der Waals surface area contributed by atoms with Gasteiger partial charge >= 0.3 is 0 Å². The van der Waals surface area contributed by atoms with Gasteiger partial charge in [-0.15, -0.1) is 11.3 Å². The van der Waals surface area contributed by atoms with E-state index in [1.54, 1.807) is 24.7 Å². The third kappa shape index (κ3) is 4.35. The lowest BCUT2D eigenvalue weighted by molar-refractivity contribution is 0.192. The molecule has 2 aromatic rings. The molecule has 19 heavy (non-hydrogen) atoms. The van der Waals surface area contributed by atoms with Crippen molar-refractivity contribution in [2.24, 2.45) is 0 Å². The third-order valence-electron chi connectivity index (χ3n) is 2.83. The fraction of sp³-hybridized carbons (Fsp3) is 0.429. The zero-order valence-electron chi connectivity index (χ0n) is 10.9. The van der Waals surface area contributed by atoms with Crippen LogP contribution in [0.4, 0.5) is 0 Å². The molecule has 1 unspecified atom stereocenters. The molecule has 1 N–H and O–H groups in total. The predicted octanol–water partition coefficient (Wildman–Crippen LogP) is 4.10. The van der Waals surface area contributed by atoms with Gasteiger partial charge in [0, 0.05) is 18.6 Å². The Morgan fingerprint density at radius 2 is 2.26 bits per heavy atom. The van der Waals surface area contributed by atoms with Crippen LogP contribution in [0.1, 0.15) is 29.5 Å². The van der Waals surface area contributed by atoms with Crippen molar-refractivity contribution in [3.05, 3.63) is 45.5 Å². The van der Waals surface area contributed by atoms with Crippen molar-refractivity contribution in [1.82, 2.24) is 5.32 Å². The average Bonchev–Trinajstić information content (AvgIpc) is 3.05. The minimum absolute atomic E-state index is 0.0787. The van der Waals surface area contributed by atoms with Crippen molar-refractivity contribution < 1.29 is 9.15 Å². The Kier molecular flexibility index (Phi) is 5.92. The zero-order valence-corrected chi connectivity index (χ0v) is 12.5. The van der Waals surface area contributed by atoms with Crippen molar-refractivity contribution >= 4 is 22.9 Å². The summed E-state index contributed by atoms with van der Waals surface area (Å²) in [4.78, 5) is 1.17. The Hall–Kier alpha value is -0.810. The third-order valence-corrected chi connectivity index (χ3v) is 4.13. The van der Waals surface area contributed by atoms with Crippen molar-refractivity contribution in [3.63, 3.8) is 0 Å². The molecule has 0 aliphatic heterocycles. The van der Waals surface area contributed by atoms with E-state index in [1.165, 1.54) is 4.88 Å². The fourth-order valence-electron chi connectivity index (χ4n) is 1.90. The van der Waals surface area contributed by atoms with E-state index < -0.39 is 0 Å². The Labute approximate surface area is 122 Å². The van der Waals surface area contributed by atoms with Gasteiger partial charge in [-0.2, -0.15) is 0 Å². The van der Waals surface area contributed by atoms with Crippen LogP contribution in [0.3, 0.4) is 0 Å². The van der Waals surface area contributed by atoms with Gasteiger partial charge in [0.15, 0.2) is 0 Å². The van der Waals surface area contributed by atoms with Gasteiger partial charge < -0.3 is 14.5 Å². The molecule has 5 heteroatoms. The SMILES string of the molecule is COCCCCNC(c1ccco1)c1ccc(Cl)s1. The van der Waals surface area contributed by atoms with Gasteiger partial charge in [0.05, 0.1) is 10.6 Å². The van der Waals surface area contributed by atoms with Gasteiger partial charge in [-0.3, -0.25) is 0 Å². The average molecular weight is 300 g/mol. The lowest BCUT2D eigenvalue weighted by Gasteiger charge is -2.15. The van der Waals surface area contributed by atoms with Crippen LogP contribution in [0, 0.1) is 0 Å². The number of methoxy groups -OCH3 is 1. The topological polar surface area (TPSA) is 34.4 Å². The highest BCUT2D eigenvalue weighted by Crippen LogP contribution is 2.31. The van der Waals surface area contributed by atoms with Crippen LogP contribution in [0.2, 0.25) is 4.34 Å². The summed E-state index contributed by atoms with van der Waals surface area (Å²) in [6.07, 6.45) is 3.83. The molecule has 0 bridgehead atoms. The second-order valence-corrected chi connectivity index (χ2v) is 5.99. The molecule has 0 radical (unpaired) electrons. The molecule has 3 nitrogen and oxygen atoms in total. The van der Waals surface area contributed by atoms with Gasteiger partial charge in [-0.1, -0.05) is 11.6 Å². The summed E-state index contributed by atoms with van der Waals surface area (Å²) in [7, 11) is 1.73. The van der Waals surface area contributed by atoms with Crippen LogP contribution < -0.4 is 5.32 Å². The summed E-state index contributed by atoms with van der Waals surface area (Å²) in [5, 5.41) is 3.51. The largest absolute Gasteiger partial charge is 0.467 e. The molecule has 1 atom stereocenters. The highest BCUT2D eigenvalue weighted by Gasteiger charge is 2.17. The molecule has 0 fully saturated rings. The quantitative estimate of drug-likeness (QED) is 0.745. The minimum atomic E-state index is 0.0787. The van der Waals surface area contributed by atoms with Gasteiger partial charge in [-0.05, 0) is 43.7 Å². The minimum Gasteiger partial charge on any atom is -0.467 e. The Balaban J connectivity index is 1.96. The van der Waals surface area contributed by atoms with E-state index in [4.69, 9.17) is 20.8 Å². The smallest absolute Gasteiger partial charge is 0.126 e. The van der Waals surface area contributed by atoms with E-state index in [2.05, 4.69) is 5.32 Å². The van der Waals surface area contributed by atoms with E-state index in [1.807, 2.05) is 24.3 Å². The van der Waals surface area contributed by atoms with Crippen molar-refractivity contribution in [2.45, 2.75) is 18.9 Å². The Morgan fingerprint density at radius 3 is 2.89 bits per heavy atom. The van der Waals surface area contributed by atoms with Crippen molar-refractivity contribution in [1.29, 1.82) is 0 Å². The molecule has 2 heterocycles. The monoisotopic (exact) mass is 299 g/mol. The summed E-state index contributed by atoms with van der Waals surface area (Å²) < 4.78 is 11.4. The van der Waals surface area contributed by atoms with Crippen LogP contribution in [0.25, 0.3) is 0 Å². The van der Waals surface area contributed by atoms with Crippen LogP contribution in [0.5, 0.6) is 0 Å². The zero-order chi connectivity index (χ0) is 13.5. The molecular formula is C14H18ClNO2S. The van der Waals surface area contributed by atoms with Crippen molar-refractivity contribution in [3.8, 4) is 0 Å². The van der Waals surface area contributed by atoms with Crippen molar-refractivity contribution in [2.75, 3.05) is 20.3 Å². The number of furan rings is 1. The normalized spacial score (nSPS) is 12.7. The molecule has 0 saturated carbocycles. The van der Waals surface area contributed by atoms with Crippen LogP contribution in [-0.2, 0) is 4.74 Å². The van der Waals surface area contributed by atoms with Gasteiger partial charge in [0.1, 0.15) is 11.8 Å². The number of halogens is 1. The highest BCUT2D eigenvalue weighted by atomic mass is 35.5. The Bertz CT molecular complexity index is 470. The summed E-state index contributed by atoms with van der Waals surface area (Å²) >= 11 is 7.59. The molecule has 2 aromatic heterocycles. The first-order chi connectivity index (χ1) is 9.31. The highest BCUT2D eigenvalue weighted by molar-refractivity contribution is 7.16. The maximum atomic E-state index is 6.01. The first-order valence-corrected chi connectivity index (χ1v) is 7.51. The van der Waals surface area contributed by atoms with E-state index >= 15 is 0 Å². The first kappa shape index (κ1) is 14.6. The number of ether oxygens (including phenoxy) is 1. The maximum absolute atomic E-state index is 6.01. The summed E-state index contributed by atoms with van der Waals surface area (Å²) in [6.45, 7) is 1.72. The number of hydrogen-bond acceptors (Lipinski definition) is 4. The molecule has 0 saturated heterocycles. The summed E-state index contributed by atoms with van der Waals surface area (Å²) in [5.74, 6) is 0.922. The molecular weight excluding hydrogens is 282 g/mol. The van der Waals surface area contributed by atoms with Gasteiger partial charge in [0.25, 0.3) is 0 Å². The standard InChI is InChI=1S/C14H18ClNO2S/c1-17-9-3-2-8-16-14(11-5-4-10-18-11)12-6-7-13(15)19-12/h4-7,10,14,16H,2-3,8-9H2,1H3. The molecule has 0 aromatic carbocycles.